The van der Waals surface area contributed by atoms with Crippen molar-refractivity contribution in [1.29, 1.82) is 0 Å². The first-order chi connectivity index (χ1) is 16.6. The van der Waals surface area contributed by atoms with Crippen molar-refractivity contribution in [3.8, 4) is 0 Å². The van der Waals surface area contributed by atoms with E-state index in [4.69, 9.17) is 46.4 Å². The van der Waals surface area contributed by atoms with Crippen LogP contribution >= 0.6 is 58.2 Å². The van der Waals surface area contributed by atoms with E-state index in [0.29, 0.717) is 48.9 Å². The Morgan fingerprint density at radius 1 is 1.00 bits per heavy atom. The summed E-state index contributed by atoms with van der Waals surface area (Å²) in [6.45, 7) is 6.46. The quantitative estimate of drug-likeness (QED) is 0.275. The van der Waals surface area contributed by atoms with Gasteiger partial charge in [0.05, 0.1) is 32.5 Å². The maximum Gasteiger partial charge on any atom is 0.251 e. The molecule has 0 bridgehead atoms. The zero-order chi connectivity index (χ0) is 25.7. The van der Waals surface area contributed by atoms with E-state index in [-0.39, 0.29) is 23.5 Å². The van der Waals surface area contributed by atoms with Crippen molar-refractivity contribution in [2.75, 3.05) is 11.1 Å². The molecule has 0 aliphatic rings. The second-order valence-corrected chi connectivity index (χ2v) is 10.5. The number of amides is 2. The van der Waals surface area contributed by atoms with Gasteiger partial charge in [0.15, 0.2) is 11.0 Å². The number of anilines is 1. The molecule has 3 rings (SSSR count). The molecule has 0 saturated heterocycles. The van der Waals surface area contributed by atoms with Crippen molar-refractivity contribution in [2.45, 2.75) is 38.5 Å². The number of benzene rings is 2. The highest BCUT2D eigenvalue weighted by atomic mass is 35.5. The summed E-state index contributed by atoms with van der Waals surface area (Å²) in [5.41, 5.74) is 0.865. The fourth-order valence-electron chi connectivity index (χ4n) is 3.23. The van der Waals surface area contributed by atoms with Crippen LogP contribution in [0.25, 0.3) is 0 Å². The van der Waals surface area contributed by atoms with Gasteiger partial charge in [0, 0.05) is 17.1 Å². The number of thioether (sulfide) groups is 1. The molecule has 0 fully saturated rings. The summed E-state index contributed by atoms with van der Waals surface area (Å²) in [5.74, 6) is 0.157. The predicted molar refractivity (Wildman–Crippen MR) is 143 cm³/mol. The first-order valence-corrected chi connectivity index (χ1v) is 13.2. The molecule has 2 aromatic carbocycles. The van der Waals surface area contributed by atoms with Gasteiger partial charge in [-0.3, -0.25) is 9.59 Å². The molecule has 0 aliphatic heterocycles. The summed E-state index contributed by atoms with van der Waals surface area (Å²) >= 11 is 25.3. The molecule has 3 aromatic rings. The van der Waals surface area contributed by atoms with E-state index in [0.717, 1.165) is 0 Å². The molecule has 35 heavy (non-hydrogen) atoms. The van der Waals surface area contributed by atoms with Gasteiger partial charge in [0.25, 0.3) is 5.91 Å². The minimum atomic E-state index is -0.416. The van der Waals surface area contributed by atoms with Gasteiger partial charge < -0.3 is 15.2 Å². The second-order valence-electron chi connectivity index (χ2n) is 7.87. The van der Waals surface area contributed by atoms with Crippen LogP contribution in [0.15, 0.2) is 41.6 Å². The Bertz CT molecular complexity index is 1230. The maximum atomic E-state index is 12.9. The van der Waals surface area contributed by atoms with Crippen LogP contribution in [0.4, 0.5) is 5.69 Å². The van der Waals surface area contributed by atoms with Gasteiger partial charge in [-0.25, -0.2) is 0 Å². The highest BCUT2D eigenvalue weighted by Gasteiger charge is 2.26. The molecule has 0 unspecified atom stereocenters. The topological polar surface area (TPSA) is 88.9 Å². The third-order valence-corrected chi connectivity index (χ3v) is 7.27. The molecule has 7 nitrogen and oxygen atoms in total. The monoisotopic (exact) mass is 573 g/mol. The lowest BCUT2D eigenvalue weighted by atomic mass is 10.0. The number of nitrogens with one attached hydrogen (secondary N) is 2. The number of rotatable bonds is 9. The number of halogens is 4. The van der Waals surface area contributed by atoms with E-state index in [1.54, 1.807) is 30.3 Å². The number of carbonyl (C=O) groups is 2. The summed E-state index contributed by atoms with van der Waals surface area (Å²) < 4.78 is 1.88. The van der Waals surface area contributed by atoms with Crippen LogP contribution in [0.1, 0.15) is 43.0 Å². The number of nitrogens with zero attached hydrogens (tertiary/aromatic N) is 3. The van der Waals surface area contributed by atoms with E-state index in [1.165, 1.54) is 17.8 Å². The Labute approximate surface area is 227 Å². The van der Waals surface area contributed by atoms with Crippen molar-refractivity contribution in [1.82, 2.24) is 20.1 Å². The lowest BCUT2D eigenvalue weighted by Crippen LogP contribution is -2.33. The molecule has 0 spiro atoms. The van der Waals surface area contributed by atoms with Crippen LogP contribution in [0.3, 0.4) is 0 Å². The normalized spacial score (nSPS) is 12.0. The van der Waals surface area contributed by atoms with Gasteiger partial charge in [-0.15, -0.1) is 10.2 Å². The Balaban J connectivity index is 1.72. The summed E-state index contributed by atoms with van der Waals surface area (Å²) in [4.78, 5) is 25.4. The lowest BCUT2D eigenvalue weighted by molar-refractivity contribution is -0.113. The van der Waals surface area contributed by atoms with Gasteiger partial charge in [0.1, 0.15) is 0 Å². The Kier molecular flexibility index (Phi) is 9.72. The first-order valence-electron chi connectivity index (χ1n) is 10.7. The fourth-order valence-corrected chi connectivity index (χ4v) is 4.80. The van der Waals surface area contributed by atoms with E-state index < -0.39 is 6.04 Å². The fraction of sp³-hybridized carbons (Fsp3) is 0.304. The van der Waals surface area contributed by atoms with Crippen molar-refractivity contribution in [3.05, 3.63) is 67.9 Å². The average Bonchev–Trinajstić information content (AvgIpc) is 3.21. The van der Waals surface area contributed by atoms with Gasteiger partial charge in [-0.05, 0) is 49.2 Å². The van der Waals surface area contributed by atoms with Gasteiger partial charge in [0.2, 0.25) is 5.91 Å². The lowest BCUT2D eigenvalue weighted by Gasteiger charge is -2.22. The molecular weight excluding hydrogens is 552 g/mol. The molecule has 12 heteroatoms. The Morgan fingerprint density at radius 3 is 2.37 bits per heavy atom. The Hall–Kier alpha value is -1.97. The van der Waals surface area contributed by atoms with E-state index in [2.05, 4.69) is 20.8 Å². The van der Waals surface area contributed by atoms with Crippen LogP contribution in [-0.2, 0) is 11.3 Å². The summed E-state index contributed by atoms with van der Waals surface area (Å²) in [6.07, 6.45) is 0. The Morgan fingerprint density at radius 2 is 1.74 bits per heavy atom. The van der Waals surface area contributed by atoms with Gasteiger partial charge >= 0.3 is 0 Å². The minimum Gasteiger partial charge on any atom is -0.342 e. The molecule has 1 atom stereocenters. The molecule has 0 saturated carbocycles. The molecule has 2 amide bonds. The zero-order valence-corrected chi connectivity index (χ0v) is 23.0. The van der Waals surface area contributed by atoms with Crippen LogP contribution in [0, 0.1) is 5.92 Å². The highest BCUT2D eigenvalue weighted by Crippen LogP contribution is 2.28. The van der Waals surface area contributed by atoms with E-state index in [9.17, 15) is 9.59 Å². The summed E-state index contributed by atoms with van der Waals surface area (Å²) in [7, 11) is 0. The highest BCUT2D eigenvalue weighted by molar-refractivity contribution is 7.99. The molecular formula is C23H23Cl4N5O2S. The number of aromatic nitrogens is 3. The van der Waals surface area contributed by atoms with Gasteiger partial charge in [-0.1, -0.05) is 72.0 Å². The van der Waals surface area contributed by atoms with Crippen molar-refractivity contribution in [2.24, 2.45) is 5.92 Å². The number of carbonyl (C=O) groups excluding carboxylic acids is 2. The minimum absolute atomic E-state index is 0.0180. The zero-order valence-electron chi connectivity index (χ0n) is 19.1. The maximum absolute atomic E-state index is 12.9. The summed E-state index contributed by atoms with van der Waals surface area (Å²) in [5, 5.41) is 16.5. The van der Waals surface area contributed by atoms with E-state index >= 15 is 0 Å². The molecule has 0 radical (unpaired) electrons. The molecule has 0 aliphatic carbocycles. The van der Waals surface area contributed by atoms with Crippen molar-refractivity contribution in [3.63, 3.8) is 0 Å². The SMILES string of the molecule is CCn1c(SCC(=O)Nc2ccc(Cl)cc2Cl)nnc1[C@@H](NC(=O)c1ccc(Cl)c(Cl)c1)C(C)C. The summed E-state index contributed by atoms with van der Waals surface area (Å²) in [6, 6.07) is 9.14. The molecule has 2 N–H and O–H groups in total. The van der Waals surface area contributed by atoms with Crippen molar-refractivity contribution >= 4 is 75.7 Å². The van der Waals surface area contributed by atoms with Crippen LogP contribution < -0.4 is 10.6 Å². The third-order valence-electron chi connectivity index (χ3n) is 5.01. The third kappa shape index (κ3) is 7.05. The number of hydrogen-bond donors (Lipinski definition) is 2. The molecule has 1 heterocycles. The largest absolute Gasteiger partial charge is 0.342 e. The first kappa shape index (κ1) is 27.6. The van der Waals surface area contributed by atoms with Crippen LogP contribution in [-0.4, -0.2) is 32.3 Å². The van der Waals surface area contributed by atoms with Crippen LogP contribution in [0.5, 0.6) is 0 Å². The smallest absolute Gasteiger partial charge is 0.251 e. The number of hydrogen-bond acceptors (Lipinski definition) is 5. The van der Waals surface area contributed by atoms with Gasteiger partial charge in [-0.2, -0.15) is 0 Å². The molecule has 1 aromatic heterocycles. The van der Waals surface area contributed by atoms with Crippen molar-refractivity contribution < 1.29 is 9.59 Å². The molecule has 186 valence electrons. The predicted octanol–water partition coefficient (Wildman–Crippen LogP) is 6.77. The second kappa shape index (κ2) is 12.3. The van der Waals surface area contributed by atoms with E-state index in [1.807, 2.05) is 25.3 Å². The average molecular weight is 575 g/mol. The van der Waals surface area contributed by atoms with Crippen LogP contribution in [0.2, 0.25) is 20.1 Å². The standard InChI is InChI=1S/C23H23Cl4N5O2S/c1-4-32-21(20(12(2)3)29-22(34)13-5-7-15(25)16(26)9-13)30-31-23(32)35-11-19(33)28-18-8-6-14(24)10-17(18)27/h5-10,12,20H,4,11H2,1-3H3,(H,28,33)(H,29,34)/t20-/m0/s1.